The summed E-state index contributed by atoms with van der Waals surface area (Å²) in [5.41, 5.74) is 4.51. The smallest absolute Gasteiger partial charge is 0.304 e. The van der Waals surface area contributed by atoms with E-state index < -0.39 is 17.0 Å². The Morgan fingerprint density at radius 1 is 1.00 bits per heavy atom. The van der Waals surface area contributed by atoms with Crippen LogP contribution in [-0.2, 0) is 4.79 Å². The third-order valence-corrected chi connectivity index (χ3v) is 4.97. The summed E-state index contributed by atoms with van der Waals surface area (Å²) in [6.45, 7) is 0. The largest absolute Gasteiger partial charge is 0.334 e. The van der Waals surface area contributed by atoms with Gasteiger partial charge in [0.2, 0.25) is 12.3 Å². The third kappa shape index (κ3) is 4.32. The van der Waals surface area contributed by atoms with E-state index >= 15 is 0 Å². The van der Waals surface area contributed by atoms with Crippen molar-refractivity contribution in [3.8, 4) is 0 Å². The molecule has 8 heteroatoms. The molecule has 2 N–H and O–H groups in total. The first-order valence-corrected chi connectivity index (χ1v) is 9.62. The molecule has 31 heavy (non-hydrogen) atoms. The van der Waals surface area contributed by atoms with Crippen LogP contribution in [-0.4, -0.2) is 33.7 Å². The lowest BCUT2D eigenvalue weighted by molar-refractivity contribution is -0.596. The van der Waals surface area contributed by atoms with Gasteiger partial charge in [-0.05, 0) is 18.2 Å². The van der Waals surface area contributed by atoms with Crippen molar-refractivity contribution >= 4 is 23.7 Å². The zero-order valence-electron chi connectivity index (χ0n) is 16.3. The SMILES string of the molecule is O=C(N[C@@H]1C(=O)N/[N+](=C\c2cccc([N+](=O)[O-])c2)[C@H]1c1ccccc1)c1ccccc1. The second-order valence-electron chi connectivity index (χ2n) is 7.04. The van der Waals surface area contributed by atoms with Crippen molar-refractivity contribution in [3.05, 3.63) is 112 Å². The van der Waals surface area contributed by atoms with Crippen LogP contribution < -0.4 is 10.7 Å². The maximum atomic E-state index is 12.8. The molecule has 0 unspecified atom stereocenters. The van der Waals surface area contributed by atoms with Crippen LogP contribution in [0.1, 0.15) is 27.5 Å². The van der Waals surface area contributed by atoms with Gasteiger partial charge in [0, 0.05) is 28.8 Å². The summed E-state index contributed by atoms with van der Waals surface area (Å²) >= 11 is 0. The lowest BCUT2D eigenvalue weighted by Gasteiger charge is -2.14. The van der Waals surface area contributed by atoms with E-state index in [2.05, 4.69) is 10.7 Å². The number of nitro groups is 1. The molecule has 3 aromatic rings. The third-order valence-electron chi connectivity index (χ3n) is 4.97. The minimum atomic E-state index is -0.856. The van der Waals surface area contributed by atoms with Gasteiger partial charge in [0.1, 0.15) is 0 Å². The molecule has 0 bridgehead atoms. The first kappa shape index (κ1) is 20.0. The maximum Gasteiger partial charge on any atom is 0.304 e. The molecule has 0 spiro atoms. The molecule has 1 aliphatic rings. The van der Waals surface area contributed by atoms with Crippen molar-refractivity contribution < 1.29 is 19.2 Å². The van der Waals surface area contributed by atoms with Gasteiger partial charge >= 0.3 is 5.91 Å². The molecule has 8 nitrogen and oxygen atoms in total. The van der Waals surface area contributed by atoms with Gasteiger partial charge < -0.3 is 5.32 Å². The number of carbonyl (C=O) groups excluding carboxylic acids is 2. The predicted molar refractivity (Wildman–Crippen MR) is 114 cm³/mol. The minimum absolute atomic E-state index is 0.0514. The number of hydrazone groups is 1. The van der Waals surface area contributed by atoms with Gasteiger partial charge in [0.15, 0.2) is 6.04 Å². The summed E-state index contributed by atoms with van der Waals surface area (Å²) in [5, 5.41) is 13.9. The summed E-state index contributed by atoms with van der Waals surface area (Å²) in [5.74, 6) is -0.737. The van der Waals surface area contributed by atoms with E-state index in [4.69, 9.17) is 0 Å². The lowest BCUT2D eigenvalue weighted by atomic mass is 10.00. The summed E-state index contributed by atoms with van der Waals surface area (Å²) in [7, 11) is 0. The van der Waals surface area contributed by atoms with Crippen LogP contribution in [0.25, 0.3) is 0 Å². The highest BCUT2D eigenvalue weighted by Crippen LogP contribution is 2.25. The summed E-state index contributed by atoms with van der Waals surface area (Å²) in [6, 6.07) is 22.6. The standard InChI is InChI=1S/C23H18N4O4/c28-22(18-11-5-2-6-12-18)24-20-21(17-9-3-1-4-10-17)26(25-23(20)29)15-16-8-7-13-19(14-16)27(30)31/h1-15,20-21H,(H-,24,25,28,29)/p+1/b26-15-/t20-,21-/m0/s1. The molecule has 1 aliphatic heterocycles. The maximum absolute atomic E-state index is 12.8. The number of amides is 2. The Balaban J connectivity index is 1.71. The van der Waals surface area contributed by atoms with Crippen LogP contribution in [0, 0.1) is 10.1 Å². The zero-order chi connectivity index (χ0) is 21.8. The number of nitro benzene ring substituents is 1. The van der Waals surface area contributed by atoms with Gasteiger partial charge in [0.05, 0.1) is 4.92 Å². The summed E-state index contributed by atoms with van der Waals surface area (Å²) in [4.78, 5) is 36.1. The molecular formula is C23H19N4O4+. The van der Waals surface area contributed by atoms with Crippen molar-refractivity contribution in [2.75, 3.05) is 0 Å². The Morgan fingerprint density at radius 3 is 2.35 bits per heavy atom. The predicted octanol–water partition coefficient (Wildman–Crippen LogP) is 2.61. The van der Waals surface area contributed by atoms with Gasteiger partial charge in [-0.25, -0.2) is 0 Å². The molecule has 3 aromatic carbocycles. The molecule has 1 heterocycles. The average molecular weight is 415 g/mol. The molecule has 0 saturated carbocycles. The van der Waals surface area contributed by atoms with Crippen molar-refractivity contribution in [1.82, 2.24) is 10.7 Å². The molecule has 154 valence electrons. The van der Waals surface area contributed by atoms with Crippen molar-refractivity contribution in [1.29, 1.82) is 0 Å². The quantitative estimate of drug-likeness (QED) is 0.380. The van der Waals surface area contributed by atoms with Crippen LogP contribution in [0.2, 0.25) is 0 Å². The molecule has 1 fully saturated rings. The highest BCUT2D eigenvalue weighted by molar-refractivity contribution is 5.98. The van der Waals surface area contributed by atoms with Crippen LogP contribution in [0.5, 0.6) is 0 Å². The van der Waals surface area contributed by atoms with Gasteiger partial charge in [0.25, 0.3) is 11.6 Å². The van der Waals surface area contributed by atoms with E-state index in [0.29, 0.717) is 11.1 Å². The molecule has 2 amide bonds. The number of rotatable bonds is 5. The van der Waals surface area contributed by atoms with E-state index in [1.807, 2.05) is 36.4 Å². The van der Waals surface area contributed by atoms with Crippen LogP contribution in [0.15, 0.2) is 84.9 Å². The van der Waals surface area contributed by atoms with Crippen LogP contribution in [0.4, 0.5) is 5.69 Å². The van der Waals surface area contributed by atoms with Crippen molar-refractivity contribution in [2.45, 2.75) is 12.1 Å². The molecule has 1 saturated heterocycles. The normalized spacial score (nSPS) is 19.1. The molecule has 0 radical (unpaired) electrons. The Morgan fingerprint density at radius 2 is 1.68 bits per heavy atom. The number of hydrazine groups is 1. The minimum Gasteiger partial charge on any atom is -0.334 e. The second kappa shape index (κ2) is 8.58. The van der Waals surface area contributed by atoms with Gasteiger partial charge in [-0.15, -0.1) is 10.1 Å². The van der Waals surface area contributed by atoms with E-state index in [1.165, 1.54) is 12.1 Å². The topological polar surface area (TPSA) is 104 Å². The highest BCUT2D eigenvalue weighted by atomic mass is 16.6. The summed E-state index contributed by atoms with van der Waals surface area (Å²) < 4.78 is 1.58. The fourth-order valence-corrected chi connectivity index (χ4v) is 3.52. The fraction of sp³-hybridized carbons (Fsp3) is 0.0870. The second-order valence-corrected chi connectivity index (χ2v) is 7.04. The highest BCUT2D eigenvalue weighted by Gasteiger charge is 2.47. The van der Waals surface area contributed by atoms with E-state index in [0.717, 1.165) is 5.56 Å². The van der Waals surface area contributed by atoms with Gasteiger partial charge in [-0.2, -0.15) is 0 Å². The first-order chi connectivity index (χ1) is 15.0. The number of carbonyl (C=O) groups is 2. The number of nitrogens with zero attached hydrogens (tertiary/aromatic N) is 2. The van der Waals surface area contributed by atoms with E-state index in [1.54, 1.807) is 47.3 Å². The van der Waals surface area contributed by atoms with Gasteiger partial charge in [-0.3, -0.25) is 19.7 Å². The number of benzene rings is 3. The zero-order valence-corrected chi connectivity index (χ0v) is 16.3. The molecular weight excluding hydrogens is 396 g/mol. The van der Waals surface area contributed by atoms with E-state index in [-0.39, 0.29) is 17.5 Å². The molecule has 0 aromatic heterocycles. The number of hydrogen-bond donors (Lipinski definition) is 2. The number of hydrogen-bond acceptors (Lipinski definition) is 4. The molecule has 4 rings (SSSR count). The molecule has 2 atom stereocenters. The Kier molecular flexibility index (Phi) is 5.53. The summed E-state index contributed by atoms with van der Waals surface area (Å²) in [6.07, 6.45) is 1.62. The fourth-order valence-electron chi connectivity index (χ4n) is 3.52. The first-order valence-electron chi connectivity index (χ1n) is 9.62. The van der Waals surface area contributed by atoms with Crippen LogP contribution in [0.3, 0.4) is 0 Å². The van der Waals surface area contributed by atoms with Crippen LogP contribution >= 0.6 is 0 Å². The van der Waals surface area contributed by atoms with Crippen molar-refractivity contribution in [3.63, 3.8) is 0 Å². The number of nitrogens with one attached hydrogen (secondary N) is 2. The van der Waals surface area contributed by atoms with Gasteiger partial charge in [-0.1, -0.05) is 54.6 Å². The van der Waals surface area contributed by atoms with E-state index in [9.17, 15) is 19.7 Å². The number of non-ortho nitro benzene ring substituents is 1. The monoisotopic (exact) mass is 415 g/mol. The Bertz CT molecular complexity index is 1160. The lowest BCUT2D eigenvalue weighted by Crippen LogP contribution is -2.42. The molecule has 0 aliphatic carbocycles. The Labute approximate surface area is 178 Å². The Hall–Kier alpha value is -4.33. The average Bonchev–Trinajstić information content (AvgIpc) is 3.09. The van der Waals surface area contributed by atoms with Crippen molar-refractivity contribution in [2.24, 2.45) is 0 Å².